The van der Waals surface area contributed by atoms with Crippen molar-refractivity contribution in [3.05, 3.63) is 36.2 Å². The van der Waals surface area contributed by atoms with Crippen molar-refractivity contribution < 1.29 is 9.90 Å². The van der Waals surface area contributed by atoms with E-state index in [0.717, 1.165) is 16.6 Å². The number of primary amides is 1. The largest absolute Gasteiger partial charge is 0.389 e. The molecule has 0 aliphatic rings. The van der Waals surface area contributed by atoms with E-state index >= 15 is 0 Å². The molecule has 0 aliphatic carbocycles. The number of benzene rings is 1. The van der Waals surface area contributed by atoms with Crippen LogP contribution < -0.4 is 5.73 Å². The molecular weight excluding hydrogens is 230 g/mol. The first-order valence-corrected chi connectivity index (χ1v) is 5.67. The van der Waals surface area contributed by atoms with Crippen LogP contribution >= 0.6 is 0 Å². The van der Waals surface area contributed by atoms with Gasteiger partial charge < -0.3 is 10.8 Å². The molecule has 94 valence electrons. The van der Waals surface area contributed by atoms with Crippen LogP contribution in [0.5, 0.6) is 0 Å². The lowest BCUT2D eigenvalue weighted by atomic mass is 9.92. The van der Waals surface area contributed by atoms with Crippen molar-refractivity contribution in [2.24, 2.45) is 5.73 Å². The number of para-hydroxylation sites is 1. The molecule has 1 aromatic heterocycles. The van der Waals surface area contributed by atoms with Crippen LogP contribution in [0.3, 0.4) is 0 Å². The first-order valence-electron chi connectivity index (χ1n) is 5.67. The first kappa shape index (κ1) is 12.4. The molecule has 5 nitrogen and oxygen atoms in total. The van der Waals surface area contributed by atoms with Gasteiger partial charge in [-0.3, -0.25) is 14.8 Å². The third kappa shape index (κ3) is 2.81. The maximum absolute atomic E-state index is 10.9. The molecule has 0 saturated carbocycles. The molecule has 0 aliphatic heterocycles. The Labute approximate surface area is 105 Å². The summed E-state index contributed by atoms with van der Waals surface area (Å²) in [5.41, 5.74) is 6.31. The molecule has 3 N–H and O–H groups in total. The SMILES string of the molecule is CC(O)(CC(N)=O)Cc1cccc2nccnc12. The molecule has 0 spiro atoms. The Morgan fingerprint density at radius 3 is 2.83 bits per heavy atom. The van der Waals surface area contributed by atoms with Crippen molar-refractivity contribution in [3.8, 4) is 0 Å². The lowest BCUT2D eigenvalue weighted by Crippen LogP contribution is -2.33. The Balaban J connectivity index is 2.34. The smallest absolute Gasteiger partial charge is 0.220 e. The van der Waals surface area contributed by atoms with Crippen molar-refractivity contribution in [1.82, 2.24) is 9.97 Å². The number of amides is 1. The number of nitrogens with two attached hydrogens (primary N) is 1. The average Bonchev–Trinajstić information content (AvgIpc) is 2.27. The van der Waals surface area contributed by atoms with Crippen LogP contribution in [-0.2, 0) is 11.2 Å². The summed E-state index contributed by atoms with van der Waals surface area (Å²) in [6.45, 7) is 1.59. The minimum absolute atomic E-state index is 0.0797. The number of rotatable bonds is 4. The van der Waals surface area contributed by atoms with E-state index in [2.05, 4.69) is 9.97 Å². The van der Waals surface area contributed by atoms with Gasteiger partial charge in [-0.05, 0) is 18.6 Å². The van der Waals surface area contributed by atoms with Crippen LogP contribution in [0.1, 0.15) is 18.9 Å². The zero-order chi connectivity index (χ0) is 13.2. The normalized spacial score (nSPS) is 14.3. The fourth-order valence-electron chi connectivity index (χ4n) is 2.04. The minimum atomic E-state index is -1.17. The van der Waals surface area contributed by atoms with E-state index in [1.165, 1.54) is 0 Å². The van der Waals surface area contributed by atoms with Crippen LogP contribution in [0.25, 0.3) is 11.0 Å². The molecule has 0 bridgehead atoms. The Bertz CT molecular complexity index is 576. The molecule has 1 amide bonds. The lowest BCUT2D eigenvalue weighted by molar-refractivity contribution is -0.122. The molecule has 0 fully saturated rings. The lowest BCUT2D eigenvalue weighted by Gasteiger charge is -2.22. The number of hydrogen-bond donors (Lipinski definition) is 2. The predicted octanol–water partition coefficient (Wildman–Crippen LogP) is 0.799. The standard InChI is InChI=1S/C13H15N3O2/c1-13(18,8-11(14)17)7-9-3-2-4-10-12(9)16-6-5-15-10/h2-6,18H,7-8H2,1H3,(H2,14,17). The fourth-order valence-corrected chi connectivity index (χ4v) is 2.04. The summed E-state index contributed by atoms with van der Waals surface area (Å²) in [4.78, 5) is 19.4. The molecule has 18 heavy (non-hydrogen) atoms. The number of carbonyl (C=O) groups is 1. The van der Waals surface area contributed by atoms with Crippen LogP contribution in [0, 0.1) is 0 Å². The number of hydrogen-bond acceptors (Lipinski definition) is 4. The monoisotopic (exact) mass is 245 g/mol. The number of nitrogens with zero attached hydrogens (tertiary/aromatic N) is 2. The summed E-state index contributed by atoms with van der Waals surface area (Å²) in [5, 5.41) is 10.1. The molecule has 1 atom stereocenters. The summed E-state index contributed by atoms with van der Waals surface area (Å²) in [7, 11) is 0. The van der Waals surface area contributed by atoms with E-state index in [0.29, 0.717) is 6.42 Å². The van der Waals surface area contributed by atoms with Gasteiger partial charge in [-0.25, -0.2) is 0 Å². The maximum atomic E-state index is 10.9. The Morgan fingerprint density at radius 1 is 1.39 bits per heavy atom. The van der Waals surface area contributed by atoms with Gasteiger partial charge in [0.25, 0.3) is 0 Å². The van der Waals surface area contributed by atoms with Crippen LogP contribution in [0.2, 0.25) is 0 Å². The van der Waals surface area contributed by atoms with Crippen molar-refractivity contribution >= 4 is 16.9 Å². The van der Waals surface area contributed by atoms with Crippen LogP contribution in [-0.4, -0.2) is 26.6 Å². The molecule has 1 aromatic carbocycles. The number of fused-ring (bicyclic) bond motifs is 1. The second kappa shape index (κ2) is 4.70. The first-order chi connectivity index (χ1) is 8.48. The predicted molar refractivity (Wildman–Crippen MR) is 67.7 cm³/mol. The third-order valence-electron chi connectivity index (χ3n) is 2.71. The van der Waals surface area contributed by atoms with Gasteiger partial charge in [0.15, 0.2) is 0 Å². The molecule has 1 unspecified atom stereocenters. The van der Waals surface area contributed by atoms with Crippen LogP contribution in [0.4, 0.5) is 0 Å². The molecule has 5 heteroatoms. The zero-order valence-corrected chi connectivity index (χ0v) is 10.1. The highest BCUT2D eigenvalue weighted by Crippen LogP contribution is 2.21. The van der Waals surface area contributed by atoms with Gasteiger partial charge >= 0.3 is 0 Å². The molecule has 2 aromatic rings. The maximum Gasteiger partial charge on any atom is 0.220 e. The molecule has 2 rings (SSSR count). The second-order valence-corrected chi connectivity index (χ2v) is 4.66. The number of aliphatic hydroxyl groups is 1. The fraction of sp³-hybridized carbons (Fsp3) is 0.308. The van der Waals surface area contributed by atoms with E-state index < -0.39 is 11.5 Å². The average molecular weight is 245 g/mol. The van der Waals surface area contributed by atoms with Gasteiger partial charge in [0, 0.05) is 18.8 Å². The van der Waals surface area contributed by atoms with Crippen molar-refractivity contribution in [1.29, 1.82) is 0 Å². The van der Waals surface area contributed by atoms with Crippen molar-refractivity contribution in [2.75, 3.05) is 0 Å². The van der Waals surface area contributed by atoms with E-state index in [1.54, 1.807) is 19.3 Å². The summed E-state index contributed by atoms with van der Waals surface area (Å²) >= 11 is 0. The highest BCUT2D eigenvalue weighted by atomic mass is 16.3. The van der Waals surface area contributed by atoms with E-state index in [-0.39, 0.29) is 6.42 Å². The van der Waals surface area contributed by atoms with Gasteiger partial charge in [-0.2, -0.15) is 0 Å². The van der Waals surface area contributed by atoms with Gasteiger partial charge in [-0.15, -0.1) is 0 Å². The third-order valence-corrected chi connectivity index (χ3v) is 2.71. The summed E-state index contributed by atoms with van der Waals surface area (Å²) in [6, 6.07) is 5.58. The number of aromatic nitrogens is 2. The van der Waals surface area contributed by atoms with E-state index in [9.17, 15) is 9.90 Å². The second-order valence-electron chi connectivity index (χ2n) is 4.66. The van der Waals surface area contributed by atoms with E-state index in [4.69, 9.17) is 5.73 Å². The highest BCUT2D eigenvalue weighted by Gasteiger charge is 2.24. The summed E-state index contributed by atoms with van der Waals surface area (Å²) < 4.78 is 0. The summed E-state index contributed by atoms with van der Waals surface area (Å²) in [6.07, 6.45) is 3.46. The zero-order valence-electron chi connectivity index (χ0n) is 10.1. The minimum Gasteiger partial charge on any atom is -0.389 e. The summed E-state index contributed by atoms with van der Waals surface area (Å²) in [5.74, 6) is -0.522. The Kier molecular flexibility index (Phi) is 3.25. The van der Waals surface area contributed by atoms with Crippen molar-refractivity contribution in [2.45, 2.75) is 25.4 Å². The highest BCUT2D eigenvalue weighted by molar-refractivity contribution is 5.78. The van der Waals surface area contributed by atoms with E-state index in [1.807, 2.05) is 18.2 Å². The molecular formula is C13H15N3O2. The Hall–Kier alpha value is -2.01. The van der Waals surface area contributed by atoms with Crippen molar-refractivity contribution in [3.63, 3.8) is 0 Å². The topological polar surface area (TPSA) is 89.1 Å². The quantitative estimate of drug-likeness (QED) is 0.833. The van der Waals surface area contributed by atoms with Gasteiger partial charge in [-0.1, -0.05) is 12.1 Å². The Morgan fingerprint density at radius 2 is 2.11 bits per heavy atom. The van der Waals surface area contributed by atoms with Gasteiger partial charge in [0.1, 0.15) is 0 Å². The van der Waals surface area contributed by atoms with Crippen LogP contribution in [0.15, 0.2) is 30.6 Å². The number of carbonyl (C=O) groups excluding carboxylic acids is 1. The molecule has 0 radical (unpaired) electrons. The van der Waals surface area contributed by atoms with Gasteiger partial charge in [0.2, 0.25) is 5.91 Å². The molecule has 1 heterocycles. The molecule has 0 saturated heterocycles. The van der Waals surface area contributed by atoms with Gasteiger partial charge in [0.05, 0.1) is 23.1 Å².